The van der Waals surface area contributed by atoms with Crippen molar-refractivity contribution in [3.05, 3.63) is 60.2 Å². The maximum atomic E-state index is 12.8. The molecule has 1 aromatic carbocycles. The molecule has 2 aromatic rings. The summed E-state index contributed by atoms with van der Waals surface area (Å²) < 4.78 is 76.5. The van der Waals surface area contributed by atoms with Crippen LogP contribution in [0.1, 0.15) is 11.3 Å². The smallest absolute Gasteiger partial charge is 0.267 e. The van der Waals surface area contributed by atoms with E-state index in [-0.39, 0.29) is 23.0 Å². The lowest BCUT2D eigenvalue weighted by molar-refractivity contribution is -0.384. The van der Waals surface area contributed by atoms with Crippen LogP contribution >= 0.6 is 23.2 Å². The molecule has 1 heterocycles. The van der Waals surface area contributed by atoms with Gasteiger partial charge in [-0.3, -0.25) is 19.5 Å². The highest BCUT2D eigenvalue weighted by Crippen LogP contribution is 2.39. The minimum absolute atomic E-state index is 0.0826. The number of halogens is 8. The predicted molar refractivity (Wildman–Crippen MR) is 76.5 cm³/mol. The first-order valence-electron chi connectivity index (χ1n) is 6.15. The fraction of sp³-hybridized carbons (Fsp3) is 0.167. The van der Waals surface area contributed by atoms with Gasteiger partial charge >= 0.3 is 12.4 Å². The van der Waals surface area contributed by atoms with Gasteiger partial charge in [-0.25, -0.2) is 4.98 Å². The number of hydrogen-bond donors (Lipinski definition) is 0. The SMILES string of the molecule is O=c1c(Cl)c(C(F)(F)F)ncn1-c1c(Cl)cc(C(F)(F)F)cc1[N+](=O)[O-]. The van der Waals surface area contributed by atoms with E-state index >= 15 is 0 Å². The summed E-state index contributed by atoms with van der Waals surface area (Å²) in [4.78, 5) is 24.7. The Bertz CT molecular complexity index is 955. The van der Waals surface area contributed by atoms with Crippen LogP contribution in [0, 0.1) is 10.1 Å². The molecule has 0 atom stereocenters. The summed E-state index contributed by atoms with van der Waals surface area (Å²) in [7, 11) is 0. The van der Waals surface area contributed by atoms with Crippen LogP contribution < -0.4 is 5.56 Å². The third kappa shape index (κ3) is 3.60. The van der Waals surface area contributed by atoms with E-state index in [4.69, 9.17) is 23.2 Å². The quantitative estimate of drug-likeness (QED) is 0.406. The van der Waals surface area contributed by atoms with Crippen LogP contribution in [-0.2, 0) is 12.4 Å². The fourth-order valence-corrected chi connectivity index (χ4v) is 2.47. The van der Waals surface area contributed by atoms with Crippen molar-refractivity contribution >= 4 is 28.9 Å². The standard InChI is InChI=1S/C12H3Cl2F6N3O3/c13-5-1-4(11(15,16)17)2-6(23(25)26)8(5)22-3-21-9(12(18,19)20)7(14)10(22)24/h1-3H. The second kappa shape index (κ2) is 6.43. The molecule has 1 aromatic heterocycles. The third-order valence-corrected chi connectivity index (χ3v) is 3.62. The number of aromatic nitrogens is 2. The predicted octanol–water partition coefficient (Wildman–Crippen LogP) is 4.49. The Hall–Kier alpha value is -2.34. The molecule has 140 valence electrons. The molecule has 0 bridgehead atoms. The van der Waals surface area contributed by atoms with Gasteiger partial charge in [0.15, 0.2) is 5.69 Å². The topological polar surface area (TPSA) is 78.0 Å². The van der Waals surface area contributed by atoms with E-state index in [1.165, 1.54) is 0 Å². The van der Waals surface area contributed by atoms with Crippen molar-refractivity contribution in [2.75, 3.05) is 0 Å². The first-order valence-corrected chi connectivity index (χ1v) is 6.90. The molecule has 0 radical (unpaired) electrons. The van der Waals surface area contributed by atoms with Crippen LogP contribution in [0.2, 0.25) is 10.0 Å². The van der Waals surface area contributed by atoms with Crippen molar-refractivity contribution in [3.63, 3.8) is 0 Å². The molecule has 0 aliphatic carbocycles. The molecule has 0 N–H and O–H groups in total. The highest BCUT2D eigenvalue weighted by Gasteiger charge is 2.38. The molecule has 0 saturated carbocycles. The monoisotopic (exact) mass is 421 g/mol. The maximum Gasteiger partial charge on any atom is 0.435 e. The minimum Gasteiger partial charge on any atom is -0.267 e. The van der Waals surface area contributed by atoms with Gasteiger partial charge < -0.3 is 0 Å². The zero-order valence-corrected chi connectivity index (χ0v) is 13.3. The van der Waals surface area contributed by atoms with Crippen molar-refractivity contribution in [2.24, 2.45) is 0 Å². The van der Waals surface area contributed by atoms with Gasteiger partial charge in [-0.15, -0.1) is 0 Å². The van der Waals surface area contributed by atoms with E-state index in [0.717, 1.165) is 0 Å². The molecular formula is C12H3Cl2F6N3O3. The van der Waals surface area contributed by atoms with Gasteiger partial charge in [-0.05, 0) is 6.07 Å². The highest BCUT2D eigenvalue weighted by atomic mass is 35.5. The van der Waals surface area contributed by atoms with Crippen LogP contribution in [0.5, 0.6) is 0 Å². The van der Waals surface area contributed by atoms with Crippen LogP contribution in [0.25, 0.3) is 5.69 Å². The Labute approximate surface area is 148 Å². The second-order valence-electron chi connectivity index (χ2n) is 4.66. The average molecular weight is 422 g/mol. The Morgan fingerprint density at radius 3 is 2.12 bits per heavy atom. The summed E-state index contributed by atoms with van der Waals surface area (Å²) in [6.07, 6.45) is -9.85. The molecule has 2 rings (SSSR count). The molecule has 0 saturated heterocycles. The number of nitro benzene ring substituents is 1. The molecular weight excluding hydrogens is 419 g/mol. The van der Waals surface area contributed by atoms with Crippen LogP contribution in [-0.4, -0.2) is 14.5 Å². The molecule has 26 heavy (non-hydrogen) atoms. The number of nitro groups is 1. The van der Waals surface area contributed by atoms with Crippen LogP contribution in [0.15, 0.2) is 23.3 Å². The Morgan fingerprint density at radius 1 is 1.08 bits per heavy atom. The van der Waals surface area contributed by atoms with Gasteiger partial charge in [0.1, 0.15) is 17.0 Å². The van der Waals surface area contributed by atoms with Crippen molar-refractivity contribution in [3.8, 4) is 5.69 Å². The summed E-state index contributed by atoms with van der Waals surface area (Å²) in [5.74, 6) is 0. The van der Waals surface area contributed by atoms with Gasteiger partial charge in [0.25, 0.3) is 11.2 Å². The van der Waals surface area contributed by atoms with Gasteiger partial charge in [0.2, 0.25) is 0 Å². The highest BCUT2D eigenvalue weighted by molar-refractivity contribution is 6.33. The molecule has 0 amide bonds. The summed E-state index contributed by atoms with van der Waals surface area (Å²) >= 11 is 10.9. The summed E-state index contributed by atoms with van der Waals surface area (Å²) in [6.45, 7) is 0. The first kappa shape index (κ1) is 20.0. The summed E-state index contributed by atoms with van der Waals surface area (Å²) in [5.41, 5.74) is -7.02. The van der Waals surface area contributed by atoms with E-state index < -0.39 is 55.5 Å². The van der Waals surface area contributed by atoms with E-state index in [2.05, 4.69) is 4.98 Å². The molecule has 14 heteroatoms. The van der Waals surface area contributed by atoms with Crippen LogP contribution in [0.4, 0.5) is 32.0 Å². The Kier molecular flexibility index (Phi) is 4.94. The molecule has 0 unspecified atom stereocenters. The first-order chi connectivity index (χ1) is 11.7. The van der Waals surface area contributed by atoms with E-state index in [1.54, 1.807) is 0 Å². The number of hydrogen-bond acceptors (Lipinski definition) is 4. The second-order valence-corrected chi connectivity index (χ2v) is 5.45. The van der Waals surface area contributed by atoms with Crippen molar-refractivity contribution in [2.45, 2.75) is 12.4 Å². The van der Waals surface area contributed by atoms with E-state index in [1.807, 2.05) is 0 Å². The molecule has 0 aliphatic heterocycles. The Morgan fingerprint density at radius 2 is 1.65 bits per heavy atom. The zero-order valence-electron chi connectivity index (χ0n) is 11.8. The van der Waals surface area contributed by atoms with Crippen molar-refractivity contribution in [1.82, 2.24) is 9.55 Å². The molecule has 0 fully saturated rings. The summed E-state index contributed by atoms with van der Waals surface area (Å²) in [6, 6.07) is 0.362. The van der Waals surface area contributed by atoms with E-state index in [9.17, 15) is 41.3 Å². The van der Waals surface area contributed by atoms with Gasteiger partial charge in [-0.2, -0.15) is 26.3 Å². The van der Waals surface area contributed by atoms with Crippen molar-refractivity contribution < 1.29 is 31.3 Å². The molecule has 0 spiro atoms. The normalized spacial score (nSPS) is 12.3. The van der Waals surface area contributed by atoms with Gasteiger partial charge in [-0.1, -0.05) is 23.2 Å². The Balaban J connectivity index is 2.84. The van der Waals surface area contributed by atoms with Crippen LogP contribution in [0.3, 0.4) is 0 Å². The van der Waals surface area contributed by atoms with Crippen molar-refractivity contribution in [1.29, 1.82) is 0 Å². The van der Waals surface area contributed by atoms with Gasteiger partial charge in [0.05, 0.1) is 15.5 Å². The lowest BCUT2D eigenvalue weighted by Gasteiger charge is -2.14. The minimum atomic E-state index is -5.09. The third-order valence-electron chi connectivity index (χ3n) is 2.99. The number of nitrogens with zero attached hydrogens (tertiary/aromatic N) is 3. The average Bonchev–Trinajstić information content (AvgIpc) is 2.47. The lowest BCUT2D eigenvalue weighted by Crippen LogP contribution is -2.25. The molecule has 0 aliphatic rings. The number of rotatable bonds is 2. The lowest BCUT2D eigenvalue weighted by atomic mass is 10.1. The number of benzene rings is 1. The maximum absolute atomic E-state index is 12.8. The number of alkyl halides is 6. The summed E-state index contributed by atoms with van der Waals surface area (Å²) in [5, 5.41) is 8.74. The van der Waals surface area contributed by atoms with Gasteiger partial charge in [0, 0.05) is 6.07 Å². The largest absolute Gasteiger partial charge is 0.435 e. The fourth-order valence-electron chi connectivity index (χ4n) is 1.91. The van der Waals surface area contributed by atoms with E-state index in [0.29, 0.717) is 0 Å². The molecule has 6 nitrogen and oxygen atoms in total. The zero-order chi connectivity index (χ0) is 20.0.